The predicted octanol–water partition coefficient (Wildman–Crippen LogP) is 1.15. The molecule has 78 valence electrons. The molecule has 0 rings (SSSR count). The van der Waals surface area contributed by atoms with E-state index in [1.54, 1.807) is 6.92 Å². The highest BCUT2D eigenvalue weighted by Crippen LogP contribution is 2.19. The zero-order valence-electron chi connectivity index (χ0n) is 8.17. The van der Waals surface area contributed by atoms with Crippen molar-refractivity contribution in [2.45, 2.75) is 13.8 Å². The molecular formula is C8H17O4P. The molecule has 0 aliphatic heterocycles. The van der Waals surface area contributed by atoms with Crippen LogP contribution in [0, 0.1) is 0 Å². The molecule has 5 heteroatoms. The Morgan fingerprint density at radius 2 is 2.00 bits per heavy atom. The summed E-state index contributed by atoms with van der Waals surface area (Å²) in [4.78, 5) is 10.8. The van der Waals surface area contributed by atoms with Crippen molar-refractivity contribution in [3.63, 3.8) is 0 Å². The Kier molecular flexibility index (Phi) is 8.05. The standard InChI is InChI=1S/C8H17O4P/c1-3-11-5-6-13(10)7-8(9)12-4-2/h13H,3-7H2,1-2H3. The zero-order valence-corrected chi connectivity index (χ0v) is 9.17. The van der Waals surface area contributed by atoms with Crippen molar-refractivity contribution < 1.29 is 18.8 Å². The van der Waals surface area contributed by atoms with Crippen LogP contribution in [0.2, 0.25) is 0 Å². The summed E-state index contributed by atoms with van der Waals surface area (Å²) in [5.41, 5.74) is 0. The predicted molar refractivity (Wildman–Crippen MR) is 51.9 cm³/mol. The number of hydrogen-bond acceptors (Lipinski definition) is 4. The molecular weight excluding hydrogens is 191 g/mol. The van der Waals surface area contributed by atoms with Gasteiger partial charge in [0.15, 0.2) is 0 Å². The third kappa shape index (κ3) is 8.00. The Labute approximate surface area is 79.4 Å². The molecule has 0 spiro atoms. The second-order valence-electron chi connectivity index (χ2n) is 2.47. The third-order valence-electron chi connectivity index (χ3n) is 1.38. The highest BCUT2D eigenvalue weighted by Gasteiger charge is 2.07. The van der Waals surface area contributed by atoms with Gasteiger partial charge in [0.05, 0.1) is 27.2 Å². The molecule has 0 bridgehead atoms. The van der Waals surface area contributed by atoms with Crippen LogP contribution in [-0.2, 0) is 18.8 Å². The number of hydrogen-bond donors (Lipinski definition) is 0. The van der Waals surface area contributed by atoms with Gasteiger partial charge in [-0.15, -0.1) is 0 Å². The summed E-state index contributed by atoms with van der Waals surface area (Å²) in [6, 6.07) is 0. The van der Waals surface area contributed by atoms with Crippen molar-refractivity contribution in [2.75, 3.05) is 32.1 Å². The summed E-state index contributed by atoms with van der Waals surface area (Å²) in [6.07, 6.45) is 0.517. The van der Waals surface area contributed by atoms with Crippen molar-refractivity contribution in [3.05, 3.63) is 0 Å². The van der Waals surface area contributed by atoms with Gasteiger partial charge < -0.3 is 14.0 Å². The van der Waals surface area contributed by atoms with E-state index in [2.05, 4.69) is 4.74 Å². The Hall–Kier alpha value is -0.340. The number of esters is 1. The van der Waals surface area contributed by atoms with Crippen LogP contribution in [-0.4, -0.2) is 38.1 Å². The van der Waals surface area contributed by atoms with Crippen LogP contribution >= 0.6 is 7.80 Å². The molecule has 0 aliphatic carbocycles. The number of ether oxygens (including phenoxy) is 2. The van der Waals surface area contributed by atoms with Crippen molar-refractivity contribution >= 4 is 13.8 Å². The first kappa shape index (κ1) is 12.7. The summed E-state index contributed by atoms with van der Waals surface area (Å²) in [7, 11) is -1.83. The van der Waals surface area contributed by atoms with E-state index in [1.165, 1.54) is 0 Å². The van der Waals surface area contributed by atoms with E-state index in [0.717, 1.165) is 0 Å². The Morgan fingerprint density at radius 3 is 2.54 bits per heavy atom. The lowest BCUT2D eigenvalue weighted by Gasteiger charge is -2.02. The molecule has 0 aliphatic rings. The Morgan fingerprint density at radius 1 is 1.31 bits per heavy atom. The smallest absolute Gasteiger partial charge is 0.312 e. The van der Waals surface area contributed by atoms with Gasteiger partial charge in [-0.25, -0.2) is 0 Å². The average Bonchev–Trinajstić information content (AvgIpc) is 2.05. The van der Waals surface area contributed by atoms with E-state index in [0.29, 0.717) is 26.0 Å². The molecule has 4 nitrogen and oxygen atoms in total. The Bertz CT molecular complexity index is 170. The average molecular weight is 208 g/mol. The first-order valence-corrected chi connectivity index (χ1v) is 6.28. The van der Waals surface area contributed by atoms with Crippen LogP contribution in [0.5, 0.6) is 0 Å². The lowest BCUT2D eigenvalue weighted by molar-refractivity contribution is -0.139. The maximum absolute atomic E-state index is 11.2. The minimum absolute atomic E-state index is 0.0472. The van der Waals surface area contributed by atoms with Crippen LogP contribution in [0.4, 0.5) is 0 Å². The SMILES string of the molecule is CCOCC[PH](=O)CC(=O)OCC. The summed E-state index contributed by atoms with van der Waals surface area (Å²) in [6.45, 7) is 5.04. The number of rotatable bonds is 7. The van der Waals surface area contributed by atoms with Crippen LogP contribution in [0.1, 0.15) is 13.8 Å². The van der Waals surface area contributed by atoms with E-state index in [9.17, 15) is 9.36 Å². The fourth-order valence-electron chi connectivity index (χ4n) is 0.792. The summed E-state index contributed by atoms with van der Waals surface area (Å²) < 4.78 is 20.9. The van der Waals surface area contributed by atoms with E-state index >= 15 is 0 Å². The zero-order chi connectivity index (χ0) is 10.1. The highest BCUT2D eigenvalue weighted by molar-refractivity contribution is 7.45. The third-order valence-corrected chi connectivity index (χ3v) is 2.82. The molecule has 0 saturated heterocycles. The molecule has 1 unspecified atom stereocenters. The topological polar surface area (TPSA) is 52.6 Å². The Balaban J connectivity index is 3.44. The first-order valence-electron chi connectivity index (χ1n) is 4.45. The second kappa shape index (κ2) is 8.27. The molecule has 0 radical (unpaired) electrons. The number of carbonyl (C=O) groups is 1. The molecule has 0 aromatic carbocycles. The largest absolute Gasteiger partial charge is 0.466 e. The van der Waals surface area contributed by atoms with E-state index in [4.69, 9.17) is 4.74 Å². The van der Waals surface area contributed by atoms with E-state index in [1.807, 2.05) is 6.92 Å². The lowest BCUT2D eigenvalue weighted by atomic mass is 10.8. The van der Waals surface area contributed by atoms with Gasteiger partial charge in [-0.05, 0) is 13.8 Å². The minimum Gasteiger partial charge on any atom is -0.466 e. The lowest BCUT2D eigenvalue weighted by Crippen LogP contribution is -2.08. The normalized spacial score (nSPS) is 12.5. The van der Waals surface area contributed by atoms with Gasteiger partial charge >= 0.3 is 5.97 Å². The molecule has 0 saturated carbocycles. The van der Waals surface area contributed by atoms with Gasteiger partial charge in [0.2, 0.25) is 0 Å². The summed E-state index contributed by atoms with van der Waals surface area (Å²) >= 11 is 0. The molecule has 0 amide bonds. The summed E-state index contributed by atoms with van der Waals surface area (Å²) in [5, 5.41) is 0. The van der Waals surface area contributed by atoms with Crippen molar-refractivity contribution in [1.29, 1.82) is 0 Å². The molecule has 0 heterocycles. The molecule has 13 heavy (non-hydrogen) atoms. The van der Waals surface area contributed by atoms with Crippen LogP contribution in [0.25, 0.3) is 0 Å². The summed E-state index contributed by atoms with van der Waals surface area (Å²) in [5.74, 6) is -0.372. The van der Waals surface area contributed by atoms with Gasteiger partial charge in [0.25, 0.3) is 0 Å². The highest BCUT2D eigenvalue weighted by atomic mass is 31.1. The fourth-order valence-corrected chi connectivity index (χ4v) is 1.76. The monoisotopic (exact) mass is 208 g/mol. The second-order valence-corrected chi connectivity index (χ2v) is 4.40. The van der Waals surface area contributed by atoms with Crippen LogP contribution in [0.3, 0.4) is 0 Å². The molecule has 0 aromatic heterocycles. The first-order chi connectivity index (χ1) is 6.20. The van der Waals surface area contributed by atoms with E-state index < -0.39 is 7.80 Å². The van der Waals surface area contributed by atoms with Crippen LogP contribution < -0.4 is 0 Å². The maximum Gasteiger partial charge on any atom is 0.312 e. The van der Waals surface area contributed by atoms with Crippen molar-refractivity contribution in [2.24, 2.45) is 0 Å². The van der Waals surface area contributed by atoms with E-state index in [-0.39, 0.29) is 12.1 Å². The molecule has 0 fully saturated rings. The molecule has 1 atom stereocenters. The van der Waals surface area contributed by atoms with Gasteiger partial charge in [0, 0.05) is 12.8 Å². The van der Waals surface area contributed by atoms with Gasteiger partial charge in [-0.1, -0.05) is 0 Å². The van der Waals surface area contributed by atoms with Gasteiger partial charge in [-0.2, -0.15) is 0 Å². The van der Waals surface area contributed by atoms with Gasteiger partial charge in [0.1, 0.15) is 0 Å². The quantitative estimate of drug-likeness (QED) is 0.357. The van der Waals surface area contributed by atoms with Gasteiger partial charge in [-0.3, -0.25) is 4.79 Å². The maximum atomic E-state index is 11.2. The van der Waals surface area contributed by atoms with Crippen molar-refractivity contribution in [3.8, 4) is 0 Å². The molecule has 0 aromatic rings. The molecule has 0 N–H and O–H groups in total. The van der Waals surface area contributed by atoms with Crippen LogP contribution in [0.15, 0.2) is 0 Å². The minimum atomic E-state index is -1.83. The van der Waals surface area contributed by atoms with Crippen molar-refractivity contribution in [1.82, 2.24) is 0 Å². The number of carbonyl (C=O) groups excluding carboxylic acids is 1. The fraction of sp³-hybridized carbons (Fsp3) is 0.875.